The van der Waals surface area contributed by atoms with Crippen LogP contribution in [-0.4, -0.2) is 9.55 Å². The monoisotopic (exact) mass is 192 g/mol. The molecule has 1 aliphatic rings. The molecule has 1 aromatic rings. The molecule has 1 fully saturated rings. The molecule has 2 nitrogen and oxygen atoms in total. The van der Waals surface area contributed by atoms with E-state index in [1.165, 1.54) is 37.9 Å². The fraction of sp³-hybridized carbons (Fsp3) is 0.750. The first-order valence-electron chi connectivity index (χ1n) is 5.82. The van der Waals surface area contributed by atoms with Crippen molar-refractivity contribution in [3.05, 3.63) is 18.2 Å². The van der Waals surface area contributed by atoms with Gasteiger partial charge in [0.1, 0.15) is 5.82 Å². The first-order chi connectivity index (χ1) is 6.79. The topological polar surface area (TPSA) is 17.8 Å². The van der Waals surface area contributed by atoms with Crippen LogP contribution in [0.25, 0.3) is 0 Å². The molecule has 0 saturated heterocycles. The van der Waals surface area contributed by atoms with E-state index in [0.717, 1.165) is 6.04 Å². The number of hydrogen-bond acceptors (Lipinski definition) is 1. The Kier molecular flexibility index (Phi) is 2.90. The maximum atomic E-state index is 4.45. The summed E-state index contributed by atoms with van der Waals surface area (Å²) in [4.78, 5) is 4.45. The Hall–Kier alpha value is -0.790. The Balaban J connectivity index is 2.17. The Labute approximate surface area is 86.3 Å². The van der Waals surface area contributed by atoms with E-state index in [4.69, 9.17) is 0 Å². The van der Waals surface area contributed by atoms with Crippen molar-refractivity contribution in [3.63, 3.8) is 0 Å². The van der Waals surface area contributed by atoms with E-state index in [2.05, 4.69) is 29.6 Å². The smallest absolute Gasteiger partial charge is 0.111 e. The molecule has 0 atom stereocenters. The fourth-order valence-electron chi connectivity index (χ4n) is 2.44. The average Bonchev–Trinajstić information content (AvgIpc) is 2.67. The van der Waals surface area contributed by atoms with E-state index in [0.29, 0.717) is 5.92 Å². The van der Waals surface area contributed by atoms with Crippen LogP contribution in [-0.2, 0) is 0 Å². The van der Waals surface area contributed by atoms with Gasteiger partial charge in [0.2, 0.25) is 0 Å². The standard InChI is InChI=1S/C12H20N2/c1-10(2)12-13-8-9-14(12)11-6-4-3-5-7-11/h8-11H,3-7H2,1-2H3. The van der Waals surface area contributed by atoms with E-state index in [9.17, 15) is 0 Å². The molecule has 1 heterocycles. The van der Waals surface area contributed by atoms with Gasteiger partial charge in [-0.15, -0.1) is 0 Å². The van der Waals surface area contributed by atoms with Crippen LogP contribution in [0, 0.1) is 0 Å². The van der Waals surface area contributed by atoms with Crippen LogP contribution >= 0.6 is 0 Å². The van der Waals surface area contributed by atoms with Gasteiger partial charge in [0, 0.05) is 24.4 Å². The summed E-state index contributed by atoms with van der Waals surface area (Å²) in [5.74, 6) is 1.81. The summed E-state index contributed by atoms with van der Waals surface area (Å²) in [5, 5.41) is 0. The summed E-state index contributed by atoms with van der Waals surface area (Å²) >= 11 is 0. The average molecular weight is 192 g/mol. The second-order valence-electron chi connectivity index (χ2n) is 4.64. The van der Waals surface area contributed by atoms with E-state index in [1.54, 1.807) is 0 Å². The zero-order valence-corrected chi connectivity index (χ0v) is 9.24. The summed E-state index contributed by atoms with van der Waals surface area (Å²) in [5.41, 5.74) is 0. The van der Waals surface area contributed by atoms with Gasteiger partial charge >= 0.3 is 0 Å². The van der Waals surface area contributed by atoms with Crippen molar-refractivity contribution in [1.82, 2.24) is 9.55 Å². The molecule has 0 amide bonds. The predicted octanol–water partition coefficient (Wildman–Crippen LogP) is 3.51. The van der Waals surface area contributed by atoms with Crippen molar-refractivity contribution in [2.24, 2.45) is 0 Å². The van der Waals surface area contributed by atoms with Gasteiger partial charge < -0.3 is 4.57 Å². The third kappa shape index (κ3) is 1.84. The number of rotatable bonds is 2. The molecule has 2 heteroatoms. The minimum absolute atomic E-state index is 0.548. The fourth-order valence-corrected chi connectivity index (χ4v) is 2.44. The highest BCUT2D eigenvalue weighted by atomic mass is 15.1. The van der Waals surface area contributed by atoms with Crippen LogP contribution in [0.1, 0.15) is 63.7 Å². The van der Waals surface area contributed by atoms with Crippen LogP contribution in [0.4, 0.5) is 0 Å². The lowest BCUT2D eigenvalue weighted by Crippen LogP contribution is -2.15. The number of aromatic nitrogens is 2. The summed E-state index contributed by atoms with van der Waals surface area (Å²) in [7, 11) is 0. The molecule has 0 aliphatic heterocycles. The number of imidazole rings is 1. The highest BCUT2D eigenvalue weighted by Crippen LogP contribution is 2.30. The maximum absolute atomic E-state index is 4.45. The lowest BCUT2D eigenvalue weighted by molar-refractivity contribution is 0.342. The van der Waals surface area contributed by atoms with Gasteiger partial charge in [0.05, 0.1) is 0 Å². The van der Waals surface area contributed by atoms with Gasteiger partial charge in [-0.05, 0) is 12.8 Å². The van der Waals surface area contributed by atoms with Crippen molar-refractivity contribution >= 4 is 0 Å². The zero-order chi connectivity index (χ0) is 9.97. The molecule has 1 saturated carbocycles. The Bertz CT molecular complexity index is 282. The minimum Gasteiger partial charge on any atom is -0.332 e. The van der Waals surface area contributed by atoms with Crippen molar-refractivity contribution in [2.75, 3.05) is 0 Å². The second-order valence-corrected chi connectivity index (χ2v) is 4.64. The van der Waals surface area contributed by atoms with E-state index >= 15 is 0 Å². The van der Waals surface area contributed by atoms with Gasteiger partial charge in [-0.1, -0.05) is 33.1 Å². The lowest BCUT2D eigenvalue weighted by Gasteiger charge is -2.25. The Morgan fingerprint density at radius 3 is 2.64 bits per heavy atom. The summed E-state index contributed by atoms with van der Waals surface area (Å²) < 4.78 is 2.41. The van der Waals surface area contributed by atoms with E-state index in [1.807, 2.05) is 6.20 Å². The van der Waals surface area contributed by atoms with Crippen LogP contribution in [0.2, 0.25) is 0 Å². The van der Waals surface area contributed by atoms with Gasteiger partial charge in [-0.2, -0.15) is 0 Å². The molecule has 1 aromatic heterocycles. The highest BCUT2D eigenvalue weighted by Gasteiger charge is 2.18. The predicted molar refractivity (Wildman–Crippen MR) is 58.4 cm³/mol. The molecule has 0 N–H and O–H groups in total. The molecule has 2 rings (SSSR count). The molecular weight excluding hydrogens is 172 g/mol. The molecule has 14 heavy (non-hydrogen) atoms. The summed E-state index contributed by atoms with van der Waals surface area (Å²) in [6.07, 6.45) is 11.0. The van der Waals surface area contributed by atoms with Gasteiger partial charge in [-0.3, -0.25) is 0 Å². The molecule has 78 valence electrons. The molecule has 0 bridgehead atoms. The highest BCUT2D eigenvalue weighted by molar-refractivity contribution is 5.00. The van der Waals surface area contributed by atoms with Gasteiger partial charge in [0.15, 0.2) is 0 Å². The van der Waals surface area contributed by atoms with Crippen LogP contribution in [0.3, 0.4) is 0 Å². The van der Waals surface area contributed by atoms with Crippen LogP contribution < -0.4 is 0 Å². The third-order valence-electron chi connectivity index (χ3n) is 3.18. The van der Waals surface area contributed by atoms with Crippen molar-refractivity contribution in [2.45, 2.75) is 57.9 Å². The van der Waals surface area contributed by atoms with Crippen molar-refractivity contribution in [3.8, 4) is 0 Å². The minimum atomic E-state index is 0.548. The van der Waals surface area contributed by atoms with Gasteiger partial charge in [-0.25, -0.2) is 4.98 Å². The first kappa shape index (κ1) is 9.75. The molecule has 1 aliphatic carbocycles. The van der Waals surface area contributed by atoms with Crippen molar-refractivity contribution < 1.29 is 0 Å². The van der Waals surface area contributed by atoms with Crippen LogP contribution in [0.5, 0.6) is 0 Å². The third-order valence-corrected chi connectivity index (χ3v) is 3.18. The molecule has 0 radical (unpaired) electrons. The Morgan fingerprint density at radius 2 is 2.00 bits per heavy atom. The Morgan fingerprint density at radius 1 is 1.29 bits per heavy atom. The summed E-state index contributed by atoms with van der Waals surface area (Å²) in [6.45, 7) is 4.45. The maximum Gasteiger partial charge on any atom is 0.111 e. The number of nitrogens with zero attached hydrogens (tertiary/aromatic N) is 2. The van der Waals surface area contributed by atoms with Gasteiger partial charge in [0.25, 0.3) is 0 Å². The first-order valence-corrected chi connectivity index (χ1v) is 5.82. The zero-order valence-electron chi connectivity index (χ0n) is 9.24. The van der Waals surface area contributed by atoms with E-state index < -0.39 is 0 Å². The molecule has 0 unspecified atom stereocenters. The molecule has 0 spiro atoms. The number of hydrogen-bond donors (Lipinski definition) is 0. The van der Waals surface area contributed by atoms with Crippen molar-refractivity contribution in [1.29, 1.82) is 0 Å². The van der Waals surface area contributed by atoms with E-state index in [-0.39, 0.29) is 0 Å². The second kappa shape index (κ2) is 4.16. The largest absolute Gasteiger partial charge is 0.332 e. The summed E-state index contributed by atoms with van der Waals surface area (Å²) in [6, 6.07) is 0.726. The lowest BCUT2D eigenvalue weighted by atomic mass is 9.95. The molecular formula is C12H20N2. The normalized spacial score (nSPS) is 19.1. The molecule has 0 aromatic carbocycles. The quantitative estimate of drug-likeness (QED) is 0.701. The SMILES string of the molecule is CC(C)c1nccn1C1CCCCC1. The van der Waals surface area contributed by atoms with Crippen LogP contribution in [0.15, 0.2) is 12.4 Å².